The van der Waals surface area contributed by atoms with Crippen LogP contribution in [0.2, 0.25) is 0 Å². The number of rotatable bonds is 3. The van der Waals surface area contributed by atoms with Gasteiger partial charge in [0.25, 0.3) is 0 Å². The Morgan fingerprint density at radius 3 is 1.53 bits per heavy atom. The number of benzene rings is 8. The summed E-state index contributed by atoms with van der Waals surface area (Å²) >= 11 is 0. The van der Waals surface area contributed by atoms with Crippen LogP contribution in [-0.2, 0) is 0 Å². The number of para-hydroxylation sites is 2. The van der Waals surface area contributed by atoms with Gasteiger partial charge in [-0.3, -0.25) is 0 Å². The van der Waals surface area contributed by atoms with Gasteiger partial charge in [-0.15, -0.1) is 0 Å². The first-order valence-corrected chi connectivity index (χ1v) is 15.5. The molecule has 0 saturated carbocycles. The zero-order valence-electron chi connectivity index (χ0n) is 24.7. The largest absolute Gasteiger partial charge is 0.309 e. The van der Waals surface area contributed by atoms with Gasteiger partial charge in [-0.1, -0.05) is 133 Å². The first kappa shape index (κ1) is 25.6. The van der Waals surface area contributed by atoms with Gasteiger partial charge in [0.1, 0.15) is 0 Å². The molecule has 210 valence electrons. The van der Waals surface area contributed by atoms with Gasteiger partial charge in [0.2, 0.25) is 0 Å². The van der Waals surface area contributed by atoms with Crippen molar-refractivity contribution in [2.24, 2.45) is 0 Å². The molecule has 9 rings (SSSR count). The number of hydrogen-bond acceptors (Lipinski definition) is 1. The normalized spacial score (nSPS) is 12.3. The van der Waals surface area contributed by atoms with Crippen molar-refractivity contribution in [1.29, 1.82) is 0 Å². The zero-order chi connectivity index (χ0) is 29.7. The maximum absolute atomic E-state index is 2.39. The van der Waals surface area contributed by atoms with Crippen molar-refractivity contribution in [3.05, 3.63) is 175 Å². The molecule has 45 heavy (non-hydrogen) atoms. The Kier molecular flexibility index (Phi) is 5.89. The molecule has 0 saturated heterocycles. The van der Waals surface area contributed by atoms with Crippen LogP contribution < -0.4 is 4.90 Å². The Labute approximate surface area is 262 Å². The molecule has 8 aromatic rings. The van der Waals surface area contributed by atoms with Crippen molar-refractivity contribution in [2.75, 3.05) is 4.90 Å². The van der Waals surface area contributed by atoms with Gasteiger partial charge in [-0.05, 0) is 108 Å². The van der Waals surface area contributed by atoms with Crippen LogP contribution in [0.1, 0.15) is 11.1 Å². The molecule has 0 radical (unpaired) electrons. The number of hydrogen-bond donors (Lipinski definition) is 0. The highest BCUT2D eigenvalue weighted by atomic mass is 15.1. The maximum Gasteiger partial charge on any atom is 0.0534 e. The Balaban J connectivity index is 1.18. The van der Waals surface area contributed by atoms with Crippen LogP contribution in [-0.4, -0.2) is 0 Å². The fraction of sp³-hybridized carbons (Fsp3) is 0. The lowest BCUT2D eigenvalue weighted by atomic mass is 9.90. The second-order valence-electron chi connectivity index (χ2n) is 11.8. The van der Waals surface area contributed by atoms with E-state index in [1.54, 1.807) is 0 Å². The molecule has 0 aliphatic carbocycles. The first-order chi connectivity index (χ1) is 22.3. The molecule has 1 aliphatic rings. The van der Waals surface area contributed by atoms with Gasteiger partial charge in [0.05, 0.1) is 11.4 Å². The minimum atomic E-state index is 1.16. The topological polar surface area (TPSA) is 3.24 Å². The SMILES string of the molecule is C1=Cc2ccccc2N(c2ccc3c(ccc4cc(-c5cc6ccccc6cc5-c5ccccc5)ccc43)c2)c2ccccc21. The van der Waals surface area contributed by atoms with Crippen LogP contribution in [0.15, 0.2) is 164 Å². The van der Waals surface area contributed by atoms with E-state index in [1.807, 2.05) is 0 Å². The molecular weight excluding hydrogens is 542 g/mol. The van der Waals surface area contributed by atoms with E-state index in [2.05, 4.69) is 181 Å². The first-order valence-electron chi connectivity index (χ1n) is 15.5. The number of anilines is 3. The number of fused-ring (bicyclic) bond motifs is 6. The summed E-state index contributed by atoms with van der Waals surface area (Å²) in [4.78, 5) is 2.39. The monoisotopic (exact) mass is 571 g/mol. The lowest BCUT2D eigenvalue weighted by Crippen LogP contribution is -2.11. The van der Waals surface area contributed by atoms with Crippen LogP contribution in [0.4, 0.5) is 17.1 Å². The van der Waals surface area contributed by atoms with Crippen molar-refractivity contribution in [1.82, 2.24) is 0 Å². The second-order valence-corrected chi connectivity index (χ2v) is 11.8. The third kappa shape index (κ3) is 4.32. The highest BCUT2D eigenvalue weighted by molar-refractivity contribution is 6.10. The lowest BCUT2D eigenvalue weighted by Gasteiger charge is -2.27. The summed E-state index contributed by atoms with van der Waals surface area (Å²) in [6.45, 7) is 0. The van der Waals surface area contributed by atoms with Gasteiger partial charge >= 0.3 is 0 Å². The van der Waals surface area contributed by atoms with Crippen molar-refractivity contribution < 1.29 is 0 Å². The van der Waals surface area contributed by atoms with Crippen LogP contribution in [0.5, 0.6) is 0 Å². The molecule has 0 atom stereocenters. The molecule has 1 heteroatoms. The van der Waals surface area contributed by atoms with Gasteiger partial charge in [0, 0.05) is 5.69 Å². The minimum Gasteiger partial charge on any atom is -0.309 e. The van der Waals surface area contributed by atoms with Crippen molar-refractivity contribution >= 4 is 61.5 Å². The van der Waals surface area contributed by atoms with Crippen molar-refractivity contribution in [3.63, 3.8) is 0 Å². The molecule has 0 unspecified atom stereocenters. The molecule has 1 nitrogen and oxygen atoms in total. The Bertz CT molecular complexity index is 2380. The second kappa shape index (κ2) is 10.4. The standard InChI is InChI=1S/C44H29N/c1-2-10-30(11-3-1)41-28-33-14-4-5-15-34(33)29-42(41)36-22-24-39-35(26-36)20-21-37-27-38(23-25-40(37)39)45-43-16-8-6-12-31(43)18-19-32-13-7-9-17-44(32)45/h1-29H. The highest BCUT2D eigenvalue weighted by Gasteiger charge is 2.20. The number of nitrogens with zero attached hydrogens (tertiary/aromatic N) is 1. The Morgan fingerprint density at radius 1 is 0.333 bits per heavy atom. The predicted molar refractivity (Wildman–Crippen MR) is 193 cm³/mol. The molecule has 0 fully saturated rings. The summed E-state index contributed by atoms with van der Waals surface area (Å²) < 4.78 is 0. The van der Waals surface area contributed by atoms with E-state index < -0.39 is 0 Å². The van der Waals surface area contributed by atoms with Gasteiger partial charge < -0.3 is 4.90 Å². The van der Waals surface area contributed by atoms with E-state index in [4.69, 9.17) is 0 Å². The predicted octanol–water partition coefficient (Wildman–Crippen LogP) is 12.4. The summed E-state index contributed by atoms with van der Waals surface area (Å²) in [6, 6.07) is 59.7. The smallest absolute Gasteiger partial charge is 0.0534 e. The summed E-state index contributed by atoms with van der Waals surface area (Å²) in [5.41, 5.74) is 10.9. The fourth-order valence-electron chi connectivity index (χ4n) is 6.95. The van der Waals surface area contributed by atoms with E-state index in [9.17, 15) is 0 Å². The molecule has 1 aliphatic heterocycles. The molecule has 0 bridgehead atoms. The average molecular weight is 572 g/mol. The van der Waals surface area contributed by atoms with Crippen molar-refractivity contribution in [3.8, 4) is 22.3 Å². The summed E-state index contributed by atoms with van der Waals surface area (Å²) in [5, 5.41) is 7.52. The van der Waals surface area contributed by atoms with E-state index in [0.717, 1.165) is 5.69 Å². The molecule has 8 aromatic carbocycles. The van der Waals surface area contributed by atoms with Gasteiger partial charge in [-0.25, -0.2) is 0 Å². The minimum absolute atomic E-state index is 1.16. The summed E-state index contributed by atoms with van der Waals surface area (Å²) in [5.74, 6) is 0. The maximum atomic E-state index is 2.39. The molecule has 0 amide bonds. The zero-order valence-corrected chi connectivity index (χ0v) is 24.7. The lowest BCUT2D eigenvalue weighted by molar-refractivity contribution is 1.28. The molecule has 0 N–H and O–H groups in total. The van der Waals surface area contributed by atoms with Crippen molar-refractivity contribution in [2.45, 2.75) is 0 Å². The third-order valence-electron chi connectivity index (χ3n) is 9.16. The van der Waals surface area contributed by atoms with E-state index >= 15 is 0 Å². The summed E-state index contributed by atoms with van der Waals surface area (Å²) in [7, 11) is 0. The van der Waals surface area contributed by atoms with E-state index in [1.165, 1.54) is 77.1 Å². The van der Waals surface area contributed by atoms with E-state index in [-0.39, 0.29) is 0 Å². The quantitative estimate of drug-likeness (QED) is 0.191. The van der Waals surface area contributed by atoms with Crippen LogP contribution in [0, 0.1) is 0 Å². The van der Waals surface area contributed by atoms with Gasteiger partial charge in [-0.2, -0.15) is 0 Å². The van der Waals surface area contributed by atoms with Crippen LogP contribution in [0.25, 0.3) is 66.7 Å². The fourth-order valence-corrected chi connectivity index (χ4v) is 6.95. The highest BCUT2D eigenvalue weighted by Crippen LogP contribution is 2.43. The van der Waals surface area contributed by atoms with Gasteiger partial charge in [0.15, 0.2) is 0 Å². The Hall–Kier alpha value is -5.92. The molecule has 0 aromatic heterocycles. The molecular formula is C44H29N. The Morgan fingerprint density at radius 2 is 0.867 bits per heavy atom. The third-order valence-corrected chi connectivity index (χ3v) is 9.16. The molecule has 1 heterocycles. The molecule has 0 spiro atoms. The van der Waals surface area contributed by atoms with E-state index in [0.29, 0.717) is 0 Å². The van der Waals surface area contributed by atoms with Crippen LogP contribution >= 0.6 is 0 Å². The summed E-state index contributed by atoms with van der Waals surface area (Å²) in [6.07, 6.45) is 4.44. The average Bonchev–Trinajstić information content (AvgIpc) is 3.28. The van der Waals surface area contributed by atoms with Crippen LogP contribution in [0.3, 0.4) is 0 Å².